The van der Waals surface area contributed by atoms with Gasteiger partial charge in [0.15, 0.2) is 17.5 Å². The molecule has 0 aliphatic rings. The van der Waals surface area contributed by atoms with Crippen molar-refractivity contribution in [2.75, 3.05) is 0 Å². The van der Waals surface area contributed by atoms with E-state index in [1.807, 2.05) is 72.8 Å². The molecule has 57 heavy (non-hydrogen) atoms. The molecule has 8 aromatic carbocycles. The maximum absolute atomic E-state index is 6.51. The van der Waals surface area contributed by atoms with Crippen molar-refractivity contribution in [3.8, 4) is 56.4 Å². The second-order valence-corrected chi connectivity index (χ2v) is 15.4. The summed E-state index contributed by atoms with van der Waals surface area (Å²) in [5.41, 5.74) is 10.7. The van der Waals surface area contributed by atoms with E-state index in [4.69, 9.17) is 23.8 Å². The number of hydrogen-bond donors (Lipinski definition) is 0. The first-order chi connectivity index (χ1) is 28.2. The third kappa shape index (κ3) is 5.12. The second-order valence-electron chi connectivity index (χ2n) is 14.3. The van der Waals surface area contributed by atoms with Gasteiger partial charge in [-0.2, -0.15) is 0 Å². The molecular weight excluding hydrogens is 719 g/mol. The maximum atomic E-state index is 6.51. The minimum absolute atomic E-state index is 0.603. The van der Waals surface area contributed by atoms with E-state index in [2.05, 4.69) is 103 Å². The minimum atomic E-state index is 0.603. The van der Waals surface area contributed by atoms with Gasteiger partial charge in [0.1, 0.15) is 22.3 Å². The number of aromatic nitrogens is 3. The molecule has 266 valence electrons. The Morgan fingerprint density at radius 1 is 0.351 bits per heavy atom. The van der Waals surface area contributed by atoms with Crippen LogP contribution in [0.4, 0.5) is 0 Å². The summed E-state index contributed by atoms with van der Waals surface area (Å²) >= 11 is 1.80. The smallest absolute Gasteiger partial charge is 0.164 e. The summed E-state index contributed by atoms with van der Waals surface area (Å²) in [6.45, 7) is 0. The highest BCUT2D eigenvalue weighted by atomic mass is 32.1. The molecule has 0 bridgehead atoms. The molecule has 12 rings (SSSR count). The van der Waals surface area contributed by atoms with Gasteiger partial charge in [-0.1, -0.05) is 140 Å². The molecule has 12 aromatic rings. The van der Waals surface area contributed by atoms with Crippen LogP contribution in [0, 0.1) is 0 Å². The number of benzene rings is 8. The quantitative estimate of drug-likeness (QED) is 0.175. The number of thiophene rings is 1. The van der Waals surface area contributed by atoms with Crippen molar-refractivity contribution >= 4 is 75.4 Å². The molecule has 5 nitrogen and oxygen atoms in total. The van der Waals surface area contributed by atoms with Crippen LogP contribution in [0.25, 0.3) is 120 Å². The Kier molecular flexibility index (Phi) is 7.03. The minimum Gasteiger partial charge on any atom is -0.456 e. The Morgan fingerprint density at radius 3 is 1.81 bits per heavy atom. The van der Waals surface area contributed by atoms with Gasteiger partial charge < -0.3 is 8.83 Å². The van der Waals surface area contributed by atoms with Crippen LogP contribution in [0.3, 0.4) is 0 Å². The topological polar surface area (TPSA) is 65.0 Å². The number of fused-ring (bicyclic) bond motifs is 9. The summed E-state index contributed by atoms with van der Waals surface area (Å²) in [6.07, 6.45) is 0. The van der Waals surface area contributed by atoms with Crippen molar-refractivity contribution in [3.05, 3.63) is 176 Å². The first-order valence-electron chi connectivity index (χ1n) is 18.9. The van der Waals surface area contributed by atoms with Gasteiger partial charge in [-0.3, -0.25) is 0 Å². The van der Waals surface area contributed by atoms with Crippen LogP contribution in [0.15, 0.2) is 185 Å². The lowest BCUT2D eigenvalue weighted by Gasteiger charge is -2.09. The zero-order valence-electron chi connectivity index (χ0n) is 30.3. The van der Waals surface area contributed by atoms with E-state index < -0.39 is 0 Å². The molecule has 4 aromatic heterocycles. The van der Waals surface area contributed by atoms with Gasteiger partial charge in [0.05, 0.1) is 0 Å². The average molecular weight is 748 g/mol. The van der Waals surface area contributed by atoms with Gasteiger partial charge in [-0.15, -0.1) is 11.3 Å². The molecule has 0 unspecified atom stereocenters. The van der Waals surface area contributed by atoms with Gasteiger partial charge in [0, 0.05) is 64.0 Å². The van der Waals surface area contributed by atoms with Crippen LogP contribution in [0.1, 0.15) is 0 Å². The lowest BCUT2D eigenvalue weighted by molar-refractivity contribution is 0.669. The molecule has 0 amide bonds. The van der Waals surface area contributed by atoms with E-state index in [1.165, 1.54) is 25.7 Å². The molecular formula is C51H29N3O2S. The summed E-state index contributed by atoms with van der Waals surface area (Å²) in [7, 11) is 0. The SMILES string of the molecule is c1ccc(-c2nc(-c3ccc4c(c3)sc3c(-c5cc(-c6ccccc6)c6oc7ccccc7c6c5)cccc34)nc(-c3cccc4oc5ccccc5c34)n2)cc1. The maximum Gasteiger partial charge on any atom is 0.164 e. The highest BCUT2D eigenvalue weighted by molar-refractivity contribution is 7.26. The third-order valence-electron chi connectivity index (χ3n) is 10.9. The summed E-state index contributed by atoms with van der Waals surface area (Å²) < 4.78 is 15.2. The van der Waals surface area contributed by atoms with E-state index in [-0.39, 0.29) is 0 Å². The van der Waals surface area contributed by atoms with Crippen molar-refractivity contribution in [3.63, 3.8) is 0 Å². The van der Waals surface area contributed by atoms with Gasteiger partial charge >= 0.3 is 0 Å². The predicted octanol–water partition coefficient (Wildman–Crippen LogP) is 14.4. The standard InChI is InChI=1S/C51H29N3O2S/c1-3-13-30(14-4-1)40-27-33(28-41-35-17-7-9-22-42(35)56-47(40)41)34-19-11-20-37-36-26-25-32(29-45(36)57-48(34)37)50-52-49(31-15-5-2-6-16-31)53-51(54-50)39-21-12-24-44-46(39)38-18-8-10-23-43(38)55-44/h1-29H. The Balaban J connectivity index is 1.04. The van der Waals surface area contributed by atoms with E-state index in [0.29, 0.717) is 17.5 Å². The van der Waals surface area contributed by atoms with Crippen molar-refractivity contribution in [1.82, 2.24) is 15.0 Å². The fraction of sp³-hybridized carbons (Fsp3) is 0. The Labute approximate surface area is 330 Å². The van der Waals surface area contributed by atoms with E-state index in [0.717, 1.165) is 77.3 Å². The van der Waals surface area contributed by atoms with Crippen LogP contribution in [0.5, 0.6) is 0 Å². The molecule has 0 aliphatic heterocycles. The van der Waals surface area contributed by atoms with Crippen molar-refractivity contribution in [2.45, 2.75) is 0 Å². The molecule has 0 atom stereocenters. The molecule has 0 aliphatic carbocycles. The summed E-state index contributed by atoms with van der Waals surface area (Å²) in [5.74, 6) is 1.84. The van der Waals surface area contributed by atoms with Crippen LogP contribution in [0.2, 0.25) is 0 Å². The van der Waals surface area contributed by atoms with Crippen LogP contribution < -0.4 is 0 Å². The Morgan fingerprint density at radius 2 is 0.982 bits per heavy atom. The Bertz CT molecular complexity index is 3530. The molecule has 4 heterocycles. The fourth-order valence-corrected chi connectivity index (χ4v) is 9.56. The lowest BCUT2D eigenvalue weighted by atomic mass is 9.95. The zero-order chi connectivity index (χ0) is 37.5. The zero-order valence-corrected chi connectivity index (χ0v) is 31.1. The number of hydrogen-bond acceptors (Lipinski definition) is 6. The first-order valence-corrected chi connectivity index (χ1v) is 19.7. The van der Waals surface area contributed by atoms with E-state index in [9.17, 15) is 0 Å². The summed E-state index contributed by atoms with van der Waals surface area (Å²) in [6, 6.07) is 60.9. The molecule has 6 heteroatoms. The van der Waals surface area contributed by atoms with Gasteiger partial charge in [0.2, 0.25) is 0 Å². The van der Waals surface area contributed by atoms with Crippen LogP contribution in [-0.2, 0) is 0 Å². The fourth-order valence-electron chi connectivity index (χ4n) is 8.28. The monoisotopic (exact) mass is 747 g/mol. The van der Waals surface area contributed by atoms with Gasteiger partial charge in [0.25, 0.3) is 0 Å². The van der Waals surface area contributed by atoms with E-state index in [1.54, 1.807) is 11.3 Å². The largest absolute Gasteiger partial charge is 0.456 e. The second kappa shape index (κ2) is 12.6. The summed E-state index contributed by atoms with van der Waals surface area (Å²) in [4.78, 5) is 15.3. The molecule has 0 N–H and O–H groups in total. The number of para-hydroxylation sites is 2. The van der Waals surface area contributed by atoms with Crippen molar-refractivity contribution < 1.29 is 8.83 Å². The van der Waals surface area contributed by atoms with Crippen molar-refractivity contribution in [2.24, 2.45) is 0 Å². The molecule has 0 radical (unpaired) electrons. The van der Waals surface area contributed by atoms with Crippen molar-refractivity contribution in [1.29, 1.82) is 0 Å². The molecule has 0 fully saturated rings. The average Bonchev–Trinajstić information content (AvgIpc) is 3.97. The molecule has 0 saturated carbocycles. The van der Waals surface area contributed by atoms with Gasteiger partial charge in [-0.25, -0.2) is 15.0 Å². The van der Waals surface area contributed by atoms with Crippen LogP contribution in [-0.4, -0.2) is 15.0 Å². The lowest BCUT2D eigenvalue weighted by Crippen LogP contribution is -2.00. The van der Waals surface area contributed by atoms with Crippen LogP contribution >= 0.6 is 11.3 Å². The summed E-state index contributed by atoms with van der Waals surface area (Å²) in [5, 5.41) is 6.67. The normalized spacial score (nSPS) is 11.9. The van der Waals surface area contributed by atoms with E-state index >= 15 is 0 Å². The highest BCUT2D eigenvalue weighted by Gasteiger charge is 2.20. The number of nitrogens with zero attached hydrogens (tertiary/aromatic N) is 3. The first kappa shape index (κ1) is 31.9. The van der Waals surface area contributed by atoms with Gasteiger partial charge in [-0.05, 0) is 53.1 Å². The highest BCUT2D eigenvalue weighted by Crippen LogP contribution is 2.45. The predicted molar refractivity (Wildman–Crippen MR) is 234 cm³/mol. The number of rotatable bonds is 5. The number of furan rings is 2. The third-order valence-corrected chi connectivity index (χ3v) is 12.1. The molecule has 0 spiro atoms. The molecule has 0 saturated heterocycles. The Hall–Kier alpha value is -7.41.